The zero-order valence-corrected chi connectivity index (χ0v) is 11.9. The Morgan fingerprint density at radius 1 is 1.20 bits per heavy atom. The molecular weight excluding hydrogens is 246 g/mol. The first kappa shape index (κ1) is 12.9. The molecular formula is C17H19N3. The van der Waals surface area contributed by atoms with E-state index in [1.807, 2.05) is 6.07 Å². The molecule has 0 amide bonds. The van der Waals surface area contributed by atoms with Gasteiger partial charge in [-0.05, 0) is 49.4 Å². The fourth-order valence-electron chi connectivity index (χ4n) is 2.86. The average molecular weight is 265 g/mol. The molecule has 2 heterocycles. The lowest BCUT2D eigenvalue weighted by Gasteiger charge is -2.28. The Bertz CT molecular complexity index is 664. The van der Waals surface area contributed by atoms with Crippen molar-refractivity contribution in [2.24, 2.45) is 0 Å². The first-order valence-electron chi connectivity index (χ1n) is 7.40. The molecule has 0 atom stereocenters. The van der Waals surface area contributed by atoms with Crippen molar-refractivity contribution in [3.05, 3.63) is 35.4 Å². The summed E-state index contributed by atoms with van der Waals surface area (Å²) in [5.41, 5.74) is 2.98. The van der Waals surface area contributed by atoms with Gasteiger partial charge in [0.25, 0.3) is 0 Å². The minimum absolute atomic E-state index is 0.702. The second kappa shape index (κ2) is 5.50. The monoisotopic (exact) mass is 265 g/mol. The van der Waals surface area contributed by atoms with Crippen LogP contribution in [0, 0.1) is 11.3 Å². The fraction of sp³-hybridized carbons (Fsp3) is 0.412. The van der Waals surface area contributed by atoms with Crippen LogP contribution in [0.2, 0.25) is 0 Å². The Hall–Kier alpha value is -2.08. The molecule has 0 saturated carbocycles. The molecule has 0 radical (unpaired) electrons. The van der Waals surface area contributed by atoms with E-state index >= 15 is 0 Å². The molecule has 2 aromatic rings. The Morgan fingerprint density at radius 3 is 2.70 bits per heavy atom. The van der Waals surface area contributed by atoms with Crippen molar-refractivity contribution < 1.29 is 0 Å². The van der Waals surface area contributed by atoms with E-state index in [1.165, 1.54) is 24.8 Å². The maximum atomic E-state index is 9.42. The highest BCUT2D eigenvalue weighted by Gasteiger charge is 2.16. The van der Waals surface area contributed by atoms with Crippen LogP contribution >= 0.6 is 0 Å². The lowest BCUT2D eigenvalue weighted by atomic mass is 10.1. The fourth-order valence-corrected chi connectivity index (χ4v) is 2.86. The molecule has 1 aromatic heterocycles. The molecule has 1 aliphatic heterocycles. The van der Waals surface area contributed by atoms with E-state index in [-0.39, 0.29) is 0 Å². The van der Waals surface area contributed by atoms with Gasteiger partial charge in [-0.3, -0.25) is 0 Å². The number of aromatic nitrogens is 1. The van der Waals surface area contributed by atoms with Gasteiger partial charge in [-0.1, -0.05) is 13.0 Å². The number of piperidine rings is 1. The highest BCUT2D eigenvalue weighted by atomic mass is 15.2. The number of nitrogens with zero attached hydrogens (tertiary/aromatic N) is 3. The Morgan fingerprint density at radius 2 is 2.00 bits per heavy atom. The summed E-state index contributed by atoms with van der Waals surface area (Å²) in [5, 5.41) is 10.5. The lowest BCUT2D eigenvalue weighted by Crippen LogP contribution is -2.30. The molecule has 0 N–H and O–H groups in total. The maximum Gasteiger partial charge on any atom is 0.147 e. The predicted molar refractivity (Wildman–Crippen MR) is 81.9 cm³/mol. The highest BCUT2D eigenvalue weighted by molar-refractivity contribution is 5.83. The molecule has 3 rings (SSSR count). The predicted octanol–water partition coefficient (Wildman–Crippen LogP) is 3.66. The number of benzene rings is 1. The number of anilines is 1. The second-order valence-electron chi connectivity index (χ2n) is 5.40. The molecule has 1 saturated heterocycles. The summed E-state index contributed by atoms with van der Waals surface area (Å²) in [6.07, 6.45) is 4.68. The highest BCUT2D eigenvalue weighted by Crippen LogP contribution is 2.26. The smallest absolute Gasteiger partial charge is 0.147 e. The van der Waals surface area contributed by atoms with Gasteiger partial charge in [0, 0.05) is 18.5 Å². The van der Waals surface area contributed by atoms with Crippen molar-refractivity contribution in [1.82, 2.24) is 4.98 Å². The third-order valence-electron chi connectivity index (χ3n) is 4.04. The summed E-state index contributed by atoms with van der Waals surface area (Å²) >= 11 is 0. The SMILES string of the molecule is CCc1ccc2nc(N3CCCCC3)c(C#N)cc2c1. The van der Waals surface area contributed by atoms with Crippen LogP contribution in [0.4, 0.5) is 5.82 Å². The van der Waals surface area contributed by atoms with Crippen molar-refractivity contribution in [1.29, 1.82) is 5.26 Å². The van der Waals surface area contributed by atoms with Crippen molar-refractivity contribution in [2.45, 2.75) is 32.6 Å². The van der Waals surface area contributed by atoms with Crippen molar-refractivity contribution in [3.8, 4) is 6.07 Å². The standard InChI is InChI=1S/C17H19N3/c1-2-13-6-7-16-14(10-13)11-15(12-18)17(19-16)20-8-4-3-5-9-20/h6-7,10-11H,2-5,8-9H2,1H3. The van der Waals surface area contributed by atoms with Gasteiger partial charge in [-0.15, -0.1) is 0 Å². The molecule has 3 nitrogen and oxygen atoms in total. The minimum Gasteiger partial charge on any atom is -0.356 e. The molecule has 0 unspecified atom stereocenters. The minimum atomic E-state index is 0.702. The summed E-state index contributed by atoms with van der Waals surface area (Å²) in [6.45, 7) is 4.17. The number of fused-ring (bicyclic) bond motifs is 1. The summed E-state index contributed by atoms with van der Waals surface area (Å²) in [4.78, 5) is 7.01. The summed E-state index contributed by atoms with van der Waals surface area (Å²) in [7, 11) is 0. The molecule has 0 aliphatic carbocycles. The molecule has 20 heavy (non-hydrogen) atoms. The van der Waals surface area contributed by atoms with E-state index < -0.39 is 0 Å². The van der Waals surface area contributed by atoms with E-state index in [0.717, 1.165) is 36.2 Å². The van der Waals surface area contributed by atoms with Gasteiger partial charge >= 0.3 is 0 Å². The van der Waals surface area contributed by atoms with Crippen LogP contribution in [0.25, 0.3) is 10.9 Å². The number of aryl methyl sites for hydroxylation is 1. The van der Waals surface area contributed by atoms with Gasteiger partial charge in [0.05, 0.1) is 11.1 Å². The number of rotatable bonds is 2. The lowest BCUT2D eigenvalue weighted by molar-refractivity contribution is 0.573. The van der Waals surface area contributed by atoms with Gasteiger partial charge in [0.1, 0.15) is 11.9 Å². The summed E-state index contributed by atoms with van der Waals surface area (Å²) < 4.78 is 0. The Balaban J connectivity index is 2.09. The van der Waals surface area contributed by atoms with Crippen LogP contribution in [0.5, 0.6) is 0 Å². The van der Waals surface area contributed by atoms with Gasteiger partial charge in [0.2, 0.25) is 0 Å². The van der Waals surface area contributed by atoms with Gasteiger partial charge < -0.3 is 4.90 Å². The zero-order chi connectivity index (χ0) is 13.9. The molecule has 1 fully saturated rings. The first-order valence-corrected chi connectivity index (χ1v) is 7.40. The largest absolute Gasteiger partial charge is 0.356 e. The van der Waals surface area contributed by atoms with E-state index in [9.17, 15) is 5.26 Å². The van der Waals surface area contributed by atoms with E-state index in [2.05, 4.69) is 36.1 Å². The average Bonchev–Trinajstić information content (AvgIpc) is 2.53. The van der Waals surface area contributed by atoms with Gasteiger partial charge in [0.15, 0.2) is 0 Å². The van der Waals surface area contributed by atoms with Crippen LogP contribution in [-0.2, 0) is 6.42 Å². The quantitative estimate of drug-likeness (QED) is 0.832. The second-order valence-corrected chi connectivity index (χ2v) is 5.40. The zero-order valence-electron chi connectivity index (χ0n) is 11.9. The summed E-state index contributed by atoms with van der Waals surface area (Å²) in [6, 6.07) is 10.7. The molecule has 1 aliphatic rings. The Kier molecular flexibility index (Phi) is 3.56. The number of hydrogen-bond donors (Lipinski definition) is 0. The third kappa shape index (κ3) is 2.34. The molecule has 0 spiro atoms. The van der Waals surface area contributed by atoms with Gasteiger partial charge in [-0.25, -0.2) is 4.98 Å². The normalized spacial score (nSPS) is 15.3. The van der Waals surface area contributed by atoms with Crippen molar-refractivity contribution >= 4 is 16.7 Å². The van der Waals surface area contributed by atoms with Crippen LogP contribution in [0.15, 0.2) is 24.3 Å². The van der Waals surface area contributed by atoms with Crippen LogP contribution in [0.3, 0.4) is 0 Å². The van der Waals surface area contributed by atoms with Crippen molar-refractivity contribution in [2.75, 3.05) is 18.0 Å². The first-order chi connectivity index (χ1) is 9.81. The maximum absolute atomic E-state index is 9.42. The van der Waals surface area contributed by atoms with E-state index in [4.69, 9.17) is 4.98 Å². The van der Waals surface area contributed by atoms with Crippen LogP contribution < -0.4 is 4.90 Å². The molecule has 3 heteroatoms. The van der Waals surface area contributed by atoms with Crippen LogP contribution in [-0.4, -0.2) is 18.1 Å². The number of nitriles is 1. The summed E-state index contributed by atoms with van der Waals surface area (Å²) in [5.74, 6) is 0.865. The van der Waals surface area contributed by atoms with Gasteiger partial charge in [-0.2, -0.15) is 5.26 Å². The van der Waals surface area contributed by atoms with Crippen LogP contribution in [0.1, 0.15) is 37.3 Å². The number of hydrogen-bond acceptors (Lipinski definition) is 3. The molecule has 1 aromatic carbocycles. The topological polar surface area (TPSA) is 39.9 Å². The van der Waals surface area contributed by atoms with E-state index in [0.29, 0.717) is 5.56 Å². The Labute approximate surface area is 119 Å². The number of pyridine rings is 1. The molecule has 0 bridgehead atoms. The van der Waals surface area contributed by atoms with E-state index in [1.54, 1.807) is 0 Å². The molecule has 102 valence electrons. The van der Waals surface area contributed by atoms with Crippen molar-refractivity contribution in [3.63, 3.8) is 0 Å². The third-order valence-corrected chi connectivity index (χ3v) is 4.04.